The summed E-state index contributed by atoms with van der Waals surface area (Å²) in [5.41, 5.74) is 0.867. The Morgan fingerprint density at radius 1 is 1.29 bits per heavy atom. The summed E-state index contributed by atoms with van der Waals surface area (Å²) < 4.78 is 1.03. The lowest BCUT2D eigenvalue weighted by Crippen LogP contribution is -2.38. The Morgan fingerprint density at radius 3 is 2.76 bits per heavy atom. The van der Waals surface area contributed by atoms with E-state index in [0.29, 0.717) is 16.4 Å². The lowest BCUT2D eigenvalue weighted by atomic mass is 10.2. The van der Waals surface area contributed by atoms with Gasteiger partial charge in [-0.3, -0.25) is 10.1 Å². The molecule has 1 heterocycles. The van der Waals surface area contributed by atoms with Crippen molar-refractivity contribution in [3.8, 4) is 0 Å². The number of amides is 3. The fourth-order valence-corrected chi connectivity index (χ4v) is 3.24. The molecular formula is C14H13ClN2O2S2. The Bertz CT molecular complexity index is 658. The van der Waals surface area contributed by atoms with Crippen molar-refractivity contribution < 1.29 is 9.59 Å². The summed E-state index contributed by atoms with van der Waals surface area (Å²) in [6.07, 6.45) is 1.94. The highest BCUT2D eigenvalue weighted by atomic mass is 35.5. The fraction of sp³-hybridized carbons (Fsp3) is 0.143. The van der Waals surface area contributed by atoms with Crippen LogP contribution >= 0.6 is 34.7 Å². The average Bonchev–Trinajstić information content (AvgIpc) is 2.94. The van der Waals surface area contributed by atoms with Crippen molar-refractivity contribution >= 4 is 46.6 Å². The van der Waals surface area contributed by atoms with Gasteiger partial charge in [0.2, 0.25) is 0 Å². The van der Waals surface area contributed by atoms with E-state index in [-0.39, 0.29) is 0 Å². The first-order chi connectivity index (χ1) is 10.1. The van der Waals surface area contributed by atoms with Gasteiger partial charge in [0.05, 0.1) is 9.09 Å². The van der Waals surface area contributed by atoms with Crippen LogP contribution in [0, 0.1) is 0 Å². The summed E-state index contributed by atoms with van der Waals surface area (Å²) in [6, 6.07) is 10.2. The van der Waals surface area contributed by atoms with Gasteiger partial charge < -0.3 is 5.32 Å². The van der Waals surface area contributed by atoms with Gasteiger partial charge in [-0.1, -0.05) is 23.7 Å². The summed E-state index contributed by atoms with van der Waals surface area (Å²) in [7, 11) is 0. The smallest absolute Gasteiger partial charge is 0.322 e. The molecule has 0 aliphatic carbocycles. The third kappa shape index (κ3) is 4.77. The van der Waals surface area contributed by atoms with E-state index in [1.165, 1.54) is 11.3 Å². The highest BCUT2D eigenvalue weighted by Gasteiger charge is 2.12. The molecule has 4 nitrogen and oxygen atoms in total. The van der Waals surface area contributed by atoms with Crippen LogP contribution in [0.2, 0.25) is 5.02 Å². The molecule has 2 rings (SSSR count). The van der Waals surface area contributed by atoms with E-state index in [0.717, 1.165) is 9.77 Å². The maximum Gasteiger partial charge on any atom is 0.322 e. The molecule has 1 aromatic heterocycles. The first-order valence-corrected chi connectivity index (χ1v) is 8.48. The predicted octanol–water partition coefficient (Wildman–Crippen LogP) is 3.76. The number of carbonyl (C=O) groups excluding carboxylic acids is 2. The number of urea groups is 1. The first-order valence-electron chi connectivity index (χ1n) is 6.06. The summed E-state index contributed by atoms with van der Waals surface area (Å²) in [5.74, 6) is -0.399. The van der Waals surface area contributed by atoms with Crippen LogP contribution in [0.3, 0.4) is 0 Å². The molecule has 0 atom stereocenters. The number of hydrogen-bond acceptors (Lipinski definition) is 4. The first kappa shape index (κ1) is 15.9. The molecule has 0 fully saturated rings. The average molecular weight is 341 g/mol. The maximum atomic E-state index is 11.9. The van der Waals surface area contributed by atoms with Crippen molar-refractivity contribution in [1.29, 1.82) is 0 Å². The van der Waals surface area contributed by atoms with Crippen molar-refractivity contribution in [3.05, 3.63) is 51.9 Å². The summed E-state index contributed by atoms with van der Waals surface area (Å²) in [5, 5.41) is 5.52. The molecule has 21 heavy (non-hydrogen) atoms. The van der Waals surface area contributed by atoms with Gasteiger partial charge in [0.1, 0.15) is 0 Å². The largest absolute Gasteiger partial charge is 0.334 e. The Balaban J connectivity index is 1.85. The number of hydrogen-bond donors (Lipinski definition) is 2. The number of thioether (sulfide) groups is 1. The second-order valence-electron chi connectivity index (χ2n) is 4.09. The van der Waals surface area contributed by atoms with E-state index < -0.39 is 11.9 Å². The van der Waals surface area contributed by atoms with Crippen LogP contribution in [-0.4, -0.2) is 18.2 Å². The van der Waals surface area contributed by atoms with Crippen LogP contribution in [0.1, 0.15) is 15.2 Å². The molecule has 1 aromatic carbocycles. The number of imide groups is 1. The molecule has 3 amide bonds. The third-order valence-electron chi connectivity index (χ3n) is 2.58. The van der Waals surface area contributed by atoms with Gasteiger partial charge >= 0.3 is 6.03 Å². The molecule has 0 radical (unpaired) electrons. The quantitative estimate of drug-likeness (QED) is 0.833. The molecule has 2 N–H and O–H groups in total. The summed E-state index contributed by atoms with van der Waals surface area (Å²) in [6.45, 7) is 0.306. The predicted molar refractivity (Wildman–Crippen MR) is 87.3 cm³/mol. The standard InChI is InChI=1S/C14H13ClN2O2S2/c1-20-12-6-5-11(21-12)13(18)17-14(19)16-8-9-3-2-4-10(15)7-9/h2-7H,8H2,1H3,(H2,16,17,18,19). The van der Waals surface area contributed by atoms with Crippen LogP contribution in [0.15, 0.2) is 40.6 Å². The number of benzene rings is 1. The molecule has 0 saturated carbocycles. The second kappa shape index (κ2) is 7.49. The second-order valence-corrected chi connectivity index (χ2v) is 6.72. The molecule has 0 unspecified atom stereocenters. The summed E-state index contributed by atoms with van der Waals surface area (Å²) >= 11 is 8.77. The van der Waals surface area contributed by atoms with Crippen molar-refractivity contribution in [2.75, 3.05) is 6.26 Å². The van der Waals surface area contributed by atoms with Gasteiger partial charge in [-0.25, -0.2) is 4.79 Å². The Hall–Kier alpha value is -1.50. The zero-order valence-corrected chi connectivity index (χ0v) is 13.6. The van der Waals surface area contributed by atoms with Crippen molar-refractivity contribution in [2.24, 2.45) is 0 Å². The molecule has 2 aromatic rings. The fourth-order valence-electron chi connectivity index (χ4n) is 1.59. The number of halogens is 1. The molecule has 7 heteroatoms. The number of rotatable bonds is 4. The number of carbonyl (C=O) groups is 2. The van der Waals surface area contributed by atoms with E-state index >= 15 is 0 Å². The summed E-state index contributed by atoms with van der Waals surface area (Å²) in [4.78, 5) is 24.1. The number of thiophene rings is 1. The van der Waals surface area contributed by atoms with Crippen LogP contribution in [0.25, 0.3) is 0 Å². The Kier molecular flexibility index (Phi) is 5.67. The van der Waals surface area contributed by atoms with Crippen LogP contribution in [-0.2, 0) is 6.54 Å². The normalized spacial score (nSPS) is 10.2. The maximum absolute atomic E-state index is 11.9. The van der Waals surface area contributed by atoms with E-state index in [1.807, 2.05) is 18.4 Å². The Labute approximate surface area is 135 Å². The molecular weight excluding hydrogens is 328 g/mol. The van der Waals surface area contributed by atoms with Gasteiger partial charge in [-0.2, -0.15) is 0 Å². The molecule has 0 aliphatic rings. The highest BCUT2D eigenvalue weighted by Crippen LogP contribution is 2.24. The van der Waals surface area contributed by atoms with E-state index in [2.05, 4.69) is 10.6 Å². The molecule has 0 bridgehead atoms. The number of nitrogens with one attached hydrogen (secondary N) is 2. The van der Waals surface area contributed by atoms with Gasteiger partial charge in [0.15, 0.2) is 0 Å². The zero-order valence-electron chi connectivity index (χ0n) is 11.2. The van der Waals surface area contributed by atoms with Crippen LogP contribution in [0.5, 0.6) is 0 Å². The molecule has 0 saturated heterocycles. The minimum atomic E-state index is -0.529. The van der Waals surface area contributed by atoms with Crippen LogP contribution < -0.4 is 10.6 Å². The van der Waals surface area contributed by atoms with Crippen molar-refractivity contribution in [1.82, 2.24) is 10.6 Å². The van der Waals surface area contributed by atoms with Gasteiger partial charge in [-0.05, 0) is 36.1 Å². The topological polar surface area (TPSA) is 58.2 Å². The van der Waals surface area contributed by atoms with Crippen molar-refractivity contribution in [2.45, 2.75) is 10.8 Å². The van der Waals surface area contributed by atoms with Gasteiger partial charge in [0.25, 0.3) is 5.91 Å². The van der Waals surface area contributed by atoms with E-state index in [9.17, 15) is 9.59 Å². The zero-order chi connectivity index (χ0) is 15.2. The Morgan fingerprint density at radius 2 is 2.10 bits per heavy atom. The monoisotopic (exact) mass is 340 g/mol. The SMILES string of the molecule is CSc1ccc(C(=O)NC(=O)NCc2cccc(Cl)c2)s1. The van der Waals surface area contributed by atoms with E-state index in [1.54, 1.807) is 36.0 Å². The van der Waals surface area contributed by atoms with Gasteiger partial charge in [0, 0.05) is 11.6 Å². The molecule has 0 spiro atoms. The van der Waals surface area contributed by atoms with Gasteiger partial charge in [-0.15, -0.1) is 23.1 Å². The van der Waals surface area contributed by atoms with Crippen LogP contribution in [0.4, 0.5) is 4.79 Å². The molecule has 110 valence electrons. The highest BCUT2D eigenvalue weighted by molar-refractivity contribution is 8.00. The minimum absolute atomic E-state index is 0.306. The molecule has 0 aliphatic heterocycles. The lowest BCUT2D eigenvalue weighted by Gasteiger charge is -2.06. The lowest BCUT2D eigenvalue weighted by molar-refractivity contribution is 0.0968. The van der Waals surface area contributed by atoms with E-state index in [4.69, 9.17) is 11.6 Å². The third-order valence-corrected chi connectivity index (χ3v) is 4.98. The minimum Gasteiger partial charge on any atom is -0.334 e. The van der Waals surface area contributed by atoms with Crippen molar-refractivity contribution in [3.63, 3.8) is 0 Å².